The van der Waals surface area contributed by atoms with Gasteiger partial charge in [-0.25, -0.2) is 19.7 Å². The zero-order chi connectivity index (χ0) is 17.9. The fraction of sp³-hybridized carbons (Fsp3) is 0.0526. The maximum absolute atomic E-state index is 12.1. The predicted octanol–water partition coefficient (Wildman–Crippen LogP) is 3.74. The Bertz CT molecular complexity index is 1070. The van der Waals surface area contributed by atoms with Crippen molar-refractivity contribution in [1.29, 1.82) is 0 Å². The van der Waals surface area contributed by atoms with Gasteiger partial charge in [-0.15, -0.1) is 0 Å². The molecule has 4 rings (SSSR count). The minimum absolute atomic E-state index is 0.223. The monoisotopic (exact) mass is 344 g/mol. The Morgan fingerprint density at radius 3 is 2.62 bits per heavy atom. The number of nitrogens with one attached hydrogen (secondary N) is 2. The standard InChI is InChI=1S/C19H16N6O/c1-13-17(25-12-6-5-9-16(25)21-13)15-10-11-20-18(23-15)24-19(26)22-14-7-3-2-4-8-14/h2-12H,1H3,(H2,20,22,23,24,26). The van der Waals surface area contributed by atoms with Gasteiger partial charge in [-0.3, -0.25) is 9.72 Å². The highest BCUT2D eigenvalue weighted by atomic mass is 16.2. The minimum Gasteiger partial charge on any atom is -0.308 e. The van der Waals surface area contributed by atoms with Gasteiger partial charge < -0.3 is 5.32 Å². The quantitative estimate of drug-likeness (QED) is 0.593. The summed E-state index contributed by atoms with van der Waals surface area (Å²) in [5.74, 6) is 0.223. The molecule has 0 saturated carbocycles. The van der Waals surface area contributed by atoms with E-state index in [1.165, 1.54) is 0 Å². The molecular weight excluding hydrogens is 328 g/mol. The van der Waals surface area contributed by atoms with Crippen LogP contribution in [0.1, 0.15) is 5.69 Å². The van der Waals surface area contributed by atoms with Crippen molar-refractivity contribution in [3.8, 4) is 11.4 Å². The first-order valence-electron chi connectivity index (χ1n) is 8.11. The van der Waals surface area contributed by atoms with E-state index in [1.807, 2.05) is 53.9 Å². The molecule has 0 bridgehead atoms. The molecule has 2 N–H and O–H groups in total. The van der Waals surface area contributed by atoms with Crippen LogP contribution >= 0.6 is 0 Å². The summed E-state index contributed by atoms with van der Waals surface area (Å²) in [6.45, 7) is 1.93. The number of fused-ring (bicyclic) bond motifs is 1. The van der Waals surface area contributed by atoms with Gasteiger partial charge in [0.2, 0.25) is 5.95 Å². The molecule has 4 aromatic rings. The molecule has 0 spiro atoms. The molecule has 7 heteroatoms. The number of para-hydroxylation sites is 1. The first-order valence-corrected chi connectivity index (χ1v) is 8.11. The van der Waals surface area contributed by atoms with Gasteiger partial charge in [-0.1, -0.05) is 24.3 Å². The van der Waals surface area contributed by atoms with E-state index in [4.69, 9.17) is 0 Å². The number of carbonyl (C=O) groups is 1. The van der Waals surface area contributed by atoms with Crippen LogP contribution in [-0.2, 0) is 0 Å². The number of rotatable bonds is 3. The highest BCUT2D eigenvalue weighted by molar-refractivity contribution is 5.98. The molecule has 3 aromatic heterocycles. The Morgan fingerprint density at radius 2 is 1.77 bits per heavy atom. The number of aromatic nitrogens is 4. The number of benzene rings is 1. The van der Waals surface area contributed by atoms with Crippen molar-refractivity contribution >= 4 is 23.3 Å². The Hall–Kier alpha value is -3.74. The van der Waals surface area contributed by atoms with Gasteiger partial charge in [0.1, 0.15) is 5.65 Å². The highest BCUT2D eigenvalue weighted by Crippen LogP contribution is 2.23. The summed E-state index contributed by atoms with van der Waals surface area (Å²) in [6, 6.07) is 16.4. The fourth-order valence-corrected chi connectivity index (χ4v) is 2.76. The number of aryl methyl sites for hydroxylation is 1. The van der Waals surface area contributed by atoms with E-state index in [0.29, 0.717) is 11.4 Å². The lowest BCUT2D eigenvalue weighted by Gasteiger charge is -2.08. The van der Waals surface area contributed by atoms with Gasteiger partial charge in [0.15, 0.2) is 0 Å². The van der Waals surface area contributed by atoms with Crippen LogP contribution in [0.3, 0.4) is 0 Å². The lowest BCUT2D eigenvalue weighted by Crippen LogP contribution is -2.20. The second kappa shape index (κ2) is 6.64. The molecule has 0 radical (unpaired) electrons. The largest absolute Gasteiger partial charge is 0.326 e. The number of amides is 2. The molecule has 0 atom stereocenters. The zero-order valence-electron chi connectivity index (χ0n) is 14.0. The van der Waals surface area contributed by atoms with Gasteiger partial charge in [-0.2, -0.15) is 0 Å². The average molecular weight is 344 g/mol. The summed E-state index contributed by atoms with van der Waals surface area (Å²) in [5.41, 5.74) is 3.95. The Morgan fingerprint density at radius 1 is 0.962 bits per heavy atom. The molecule has 0 aliphatic heterocycles. The van der Waals surface area contributed by atoms with Crippen molar-refractivity contribution in [2.45, 2.75) is 6.92 Å². The number of anilines is 2. The van der Waals surface area contributed by atoms with Gasteiger partial charge in [0.25, 0.3) is 0 Å². The summed E-state index contributed by atoms with van der Waals surface area (Å²) < 4.78 is 1.96. The van der Waals surface area contributed by atoms with Crippen molar-refractivity contribution < 1.29 is 4.79 Å². The van der Waals surface area contributed by atoms with Crippen LogP contribution < -0.4 is 10.6 Å². The van der Waals surface area contributed by atoms with Crippen molar-refractivity contribution in [1.82, 2.24) is 19.4 Å². The summed E-state index contributed by atoms with van der Waals surface area (Å²) >= 11 is 0. The van der Waals surface area contributed by atoms with Crippen LogP contribution in [0.2, 0.25) is 0 Å². The molecule has 1 aromatic carbocycles. The molecule has 128 valence electrons. The van der Waals surface area contributed by atoms with E-state index >= 15 is 0 Å². The molecule has 2 amide bonds. The predicted molar refractivity (Wildman–Crippen MR) is 100 cm³/mol. The highest BCUT2D eigenvalue weighted by Gasteiger charge is 2.13. The number of hydrogen-bond acceptors (Lipinski definition) is 4. The number of carbonyl (C=O) groups excluding carboxylic acids is 1. The summed E-state index contributed by atoms with van der Waals surface area (Å²) in [7, 11) is 0. The molecule has 7 nitrogen and oxygen atoms in total. The van der Waals surface area contributed by atoms with Gasteiger partial charge in [-0.05, 0) is 37.3 Å². The molecule has 26 heavy (non-hydrogen) atoms. The van der Waals surface area contributed by atoms with Crippen molar-refractivity contribution in [2.24, 2.45) is 0 Å². The molecule has 0 aliphatic carbocycles. The Labute approximate surface area is 149 Å². The number of pyridine rings is 1. The minimum atomic E-state index is -0.400. The van der Waals surface area contributed by atoms with E-state index in [9.17, 15) is 4.79 Å². The van der Waals surface area contributed by atoms with Gasteiger partial charge in [0.05, 0.1) is 17.1 Å². The molecule has 0 saturated heterocycles. The molecule has 0 aliphatic rings. The summed E-state index contributed by atoms with van der Waals surface area (Å²) in [5, 5.41) is 5.40. The number of urea groups is 1. The van der Waals surface area contributed by atoms with E-state index in [-0.39, 0.29) is 5.95 Å². The topological polar surface area (TPSA) is 84.2 Å². The molecule has 3 heterocycles. The maximum Gasteiger partial charge on any atom is 0.326 e. The maximum atomic E-state index is 12.1. The third-order valence-electron chi connectivity index (χ3n) is 3.86. The zero-order valence-corrected chi connectivity index (χ0v) is 14.0. The Kier molecular flexibility index (Phi) is 4.03. The van der Waals surface area contributed by atoms with Crippen molar-refractivity contribution in [2.75, 3.05) is 10.6 Å². The number of nitrogens with zero attached hydrogens (tertiary/aromatic N) is 4. The molecular formula is C19H16N6O. The van der Waals surface area contributed by atoms with Crippen LogP contribution in [0.25, 0.3) is 17.0 Å². The summed E-state index contributed by atoms with van der Waals surface area (Å²) in [4.78, 5) is 25.3. The van der Waals surface area contributed by atoms with Crippen LogP contribution in [0, 0.1) is 6.92 Å². The first-order chi connectivity index (χ1) is 12.7. The molecule has 0 unspecified atom stereocenters. The second-order valence-corrected chi connectivity index (χ2v) is 5.69. The third-order valence-corrected chi connectivity index (χ3v) is 3.86. The third kappa shape index (κ3) is 3.10. The summed E-state index contributed by atoms with van der Waals surface area (Å²) in [6.07, 6.45) is 3.55. The van der Waals surface area contributed by atoms with E-state index in [0.717, 1.165) is 17.0 Å². The molecule has 0 fully saturated rings. The lowest BCUT2D eigenvalue weighted by molar-refractivity contribution is 0.262. The van der Waals surface area contributed by atoms with Crippen LogP contribution in [-0.4, -0.2) is 25.4 Å². The van der Waals surface area contributed by atoms with Gasteiger partial charge in [0, 0.05) is 18.1 Å². The average Bonchev–Trinajstić information content (AvgIpc) is 2.98. The SMILES string of the molecule is Cc1nc2ccccn2c1-c1ccnc(NC(=O)Nc2ccccc2)n1. The number of hydrogen-bond donors (Lipinski definition) is 2. The normalized spacial score (nSPS) is 10.7. The number of imidazole rings is 1. The fourth-order valence-electron chi connectivity index (χ4n) is 2.76. The van der Waals surface area contributed by atoms with Crippen molar-refractivity contribution in [3.63, 3.8) is 0 Å². The first kappa shape index (κ1) is 15.8. The van der Waals surface area contributed by atoms with E-state index in [1.54, 1.807) is 24.4 Å². The van der Waals surface area contributed by atoms with Crippen molar-refractivity contribution in [3.05, 3.63) is 72.7 Å². The van der Waals surface area contributed by atoms with E-state index in [2.05, 4.69) is 25.6 Å². The van der Waals surface area contributed by atoms with Crippen LogP contribution in [0.15, 0.2) is 67.0 Å². The Balaban J connectivity index is 1.60. The van der Waals surface area contributed by atoms with E-state index < -0.39 is 6.03 Å². The second-order valence-electron chi connectivity index (χ2n) is 5.69. The van der Waals surface area contributed by atoms with Crippen LogP contribution in [0.4, 0.5) is 16.4 Å². The smallest absolute Gasteiger partial charge is 0.308 e. The van der Waals surface area contributed by atoms with Gasteiger partial charge >= 0.3 is 6.03 Å². The van der Waals surface area contributed by atoms with Crippen LogP contribution in [0.5, 0.6) is 0 Å². The lowest BCUT2D eigenvalue weighted by atomic mass is 10.2.